The molecule has 122 valence electrons. The number of hydrogen-bond donors (Lipinski definition) is 1. The van der Waals surface area contributed by atoms with Gasteiger partial charge in [0.25, 0.3) is 5.69 Å². The quantitative estimate of drug-likeness (QED) is 0.643. The molecule has 0 aliphatic carbocycles. The first-order chi connectivity index (χ1) is 11.0. The van der Waals surface area contributed by atoms with Crippen molar-refractivity contribution >= 4 is 22.7 Å². The fourth-order valence-corrected chi connectivity index (χ4v) is 2.55. The van der Waals surface area contributed by atoms with Crippen LogP contribution in [0.1, 0.15) is 12.8 Å². The molecule has 1 N–H and O–H groups in total. The number of amides is 1. The molecule has 1 aromatic carbocycles. The Balaban J connectivity index is 1.77. The number of oxazole rings is 1. The number of benzene rings is 1. The van der Waals surface area contributed by atoms with Crippen LogP contribution in [0.2, 0.25) is 0 Å². The Morgan fingerprint density at radius 3 is 3.00 bits per heavy atom. The third-order valence-electron chi connectivity index (χ3n) is 3.71. The average Bonchev–Trinajstić information content (AvgIpc) is 3.13. The van der Waals surface area contributed by atoms with Gasteiger partial charge in [0.1, 0.15) is 6.54 Å². The maximum absolute atomic E-state index is 12.0. The molecule has 1 aromatic heterocycles. The minimum absolute atomic E-state index is 0.00199. The molecule has 23 heavy (non-hydrogen) atoms. The van der Waals surface area contributed by atoms with Gasteiger partial charge in [0, 0.05) is 25.3 Å². The molecule has 0 saturated carbocycles. The molecule has 9 nitrogen and oxygen atoms in total. The van der Waals surface area contributed by atoms with E-state index in [0.717, 1.165) is 17.4 Å². The van der Waals surface area contributed by atoms with Crippen molar-refractivity contribution in [2.75, 3.05) is 13.2 Å². The van der Waals surface area contributed by atoms with E-state index in [1.54, 1.807) is 0 Å². The summed E-state index contributed by atoms with van der Waals surface area (Å²) >= 11 is 0. The summed E-state index contributed by atoms with van der Waals surface area (Å²) in [6.07, 6.45) is 1.86. The molecule has 1 aliphatic rings. The summed E-state index contributed by atoms with van der Waals surface area (Å²) in [5.41, 5.74) is 0.246. The number of rotatable bonds is 5. The van der Waals surface area contributed by atoms with E-state index < -0.39 is 10.7 Å². The number of hydrogen-bond acceptors (Lipinski definition) is 6. The zero-order valence-electron chi connectivity index (χ0n) is 12.2. The van der Waals surface area contributed by atoms with E-state index in [2.05, 4.69) is 5.32 Å². The van der Waals surface area contributed by atoms with Gasteiger partial charge in [0.15, 0.2) is 5.58 Å². The Morgan fingerprint density at radius 1 is 1.48 bits per heavy atom. The number of carbonyl (C=O) groups excluding carboxylic acids is 1. The highest BCUT2D eigenvalue weighted by molar-refractivity contribution is 5.80. The highest BCUT2D eigenvalue weighted by atomic mass is 16.6. The number of carbonyl (C=O) groups is 1. The molecule has 3 rings (SSSR count). The van der Waals surface area contributed by atoms with Crippen molar-refractivity contribution < 1.29 is 18.9 Å². The van der Waals surface area contributed by atoms with E-state index in [1.807, 2.05) is 0 Å². The zero-order valence-corrected chi connectivity index (χ0v) is 12.2. The number of nitro groups is 1. The fraction of sp³-hybridized carbons (Fsp3) is 0.429. The van der Waals surface area contributed by atoms with Gasteiger partial charge in [-0.2, -0.15) is 0 Å². The van der Waals surface area contributed by atoms with Crippen LogP contribution in [-0.2, 0) is 16.1 Å². The van der Waals surface area contributed by atoms with E-state index in [-0.39, 0.29) is 35.3 Å². The number of nitro benzene ring substituents is 1. The summed E-state index contributed by atoms with van der Waals surface area (Å²) in [6.45, 7) is 0.805. The van der Waals surface area contributed by atoms with Crippen molar-refractivity contribution in [3.8, 4) is 0 Å². The number of fused-ring (bicyclic) bond motifs is 1. The van der Waals surface area contributed by atoms with E-state index in [4.69, 9.17) is 9.15 Å². The van der Waals surface area contributed by atoms with Crippen molar-refractivity contribution in [1.29, 1.82) is 0 Å². The van der Waals surface area contributed by atoms with Gasteiger partial charge in [-0.1, -0.05) is 0 Å². The molecule has 0 radical (unpaired) electrons. The predicted octanol–water partition coefficient (Wildman–Crippen LogP) is 0.798. The van der Waals surface area contributed by atoms with Crippen molar-refractivity contribution in [2.24, 2.45) is 0 Å². The number of nitrogens with zero attached hydrogens (tertiary/aromatic N) is 2. The van der Waals surface area contributed by atoms with E-state index in [0.29, 0.717) is 13.2 Å². The monoisotopic (exact) mass is 321 g/mol. The summed E-state index contributed by atoms with van der Waals surface area (Å²) in [5, 5.41) is 13.5. The molecule has 1 aliphatic heterocycles. The van der Waals surface area contributed by atoms with E-state index in [1.165, 1.54) is 18.2 Å². The standard InChI is InChI=1S/C14H15N3O6/c18-13(15-7-10-2-1-5-22-10)8-16-11-6-9(17(20)21)3-4-12(11)23-14(16)19/h3-4,6,10H,1-2,5,7-8H2,(H,15,18). The first-order valence-corrected chi connectivity index (χ1v) is 7.20. The second kappa shape index (κ2) is 6.21. The fourth-order valence-electron chi connectivity index (χ4n) is 2.55. The maximum Gasteiger partial charge on any atom is 0.420 e. The largest absolute Gasteiger partial charge is 0.420 e. The number of nitrogens with one attached hydrogen (secondary N) is 1. The lowest BCUT2D eigenvalue weighted by molar-refractivity contribution is -0.384. The van der Waals surface area contributed by atoms with Gasteiger partial charge in [-0.3, -0.25) is 19.5 Å². The normalized spacial score (nSPS) is 17.5. The maximum atomic E-state index is 12.0. The Bertz CT molecular complexity index is 802. The number of non-ortho nitro benzene ring substituents is 1. The van der Waals surface area contributed by atoms with Crippen molar-refractivity contribution in [3.63, 3.8) is 0 Å². The summed E-state index contributed by atoms with van der Waals surface area (Å²) in [4.78, 5) is 34.1. The van der Waals surface area contributed by atoms with Crippen molar-refractivity contribution in [1.82, 2.24) is 9.88 Å². The summed E-state index contributed by atoms with van der Waals surface area (Å²) < 4.78 is 11.5. The van der Waals surface area contributed by atoms with Crippen LogP contribution < -0.4 is 11.1 Å². The van der Waals surface area contributed by atoms with Crippen LogP contribution in [0.25, 0.3) is 11.1 Å². The molecule has 1 atom stereocenters. The van der Waals surface area contributed by atoms with Crippen LogP contribution >= 0.6 is 0 Å². The molecular weight excluding hydrogens is 306 g/mol. The van der Waals surface area contributed by atoms with Crippen LogP contribution in [0.4, 0.5) is 5.69 Å². The van der Waals surface area contributed by atoms with Crippen LogP contribution in [0.15, 0.2) is 27.4 Å². The molecule has 0 spiro atoms. The molecule has 0 bridgehead atoms. The second-order valence-electron chi connectivity index (χ2n) is 5.30. The van der Waals surface area contributed by atoms with Gasteiger partial charge in [-0.05, 0) is 18.9 Å². The van der Waals surface area contributed by atoms with E-state index >= 15 is 0 Å². The van der Waals surface area contributed by atoms with Crippen LogP contribution in [0.3, 0.4) is 0 Å². The SMILES string of the molecule is O=C(Cn1c(=O)oc2ccc([N+](=O)[O-])cc21)NCC1CCCO1. The third-order valence-corrected chi connectivity index (χ3v) is 3.71. The van der Waals surface area contributed by atoms with Gasteiger partial charge in [-0.25, -0.2) is 4.79 Å². The lowest BCUT2D eigenvalue weighted by Crippen LogP contribution is -2.35. The second-order valence-corrected chi connectivity index (χ2v) is 5.30. The summed E-state index contributed by atoms with van der Waals surface area (Å²) in [7, 11) is 0. The molecule has 1 fully saturated rings. The summed E-state index contributed by atoms with van der Waals surface area (Å²) in [5.74, 6) is -1.11. The highest BCUT2D eigenvalue weighted by Crippen LogP contribution is 2.20. The number of ether oxygens (including phenoxy) is 1. The Kier molecular flexibility index (Phi) is 4.11. The molecule has 2 heterocycles. The smallest absolute Gasteiger partial charge is 0.408 e. The Morgan fingerprint density at radius 2 is 2.30 bits per heavy atom. The predicted molar refractivity (Wildman–Crippen MR) is 79.1 cm³/mol. The lowest BCUT2D eigenvalue weighted by Gasteiger charge is -2.10. The highest BCUT2D eigenvalue weighted by Gasteiger charge is 2.19. The minimum atomic E-state index is -0.729. The minimum Gasteiger partial charge on any atom is -0.408 e. The Labute approximate surface area is 130 Å². The van der Waals surface area contributed by atoms with Crippen molar-refractivity contribution in [3.05, 3.63) is 38.9 Å². The topological polar surface area (TPSA) is 117 Å². The molecular formula is C14H15N3O6. The molecule has 1 amide bonds. The summed E-state index contributed by atoms with van der Waals surface area (Å²) in [6, 6.07) is 3.80. The average molecular weight is 321 g/mol. The van der Waals surface area contributed by atoms with Gasteiger partial charge in [0.05, 0.1) is 16.5 Å². The van der Waals surface area contributed by atoms with Crippen LogP contribution in [0.5, 0.6) is 0 Å². The molecule has 1 saturated heterocycles. The third kappa shape index (κ3) is 3.24. The van der Waals surface area contributed by atoms with Gasteiger partial charge in [0.2, 0.25) is 5.91 Å². The van der Waals surface area contributed by atoms with Gasteiger partial charge >= 0.3 is 5.76 Å². The van der Waals surface area contributed by atoms with Gasteiger partial charge < -0.3 is 14.5 Å². The first-order valence-electron chi connectivity index (χ1n) is 7.20. The molecule has 9 heteroatoms. The first kappa shape index (κ1) is 15.2. The van der Waals surface area contributed by atoms with Crippen molar-refractivity contribution in [2.45, 2.75) is 25.5 Å². The number of aromatic nitrogens is 1. The van der Waals surface area contributed by atoms with E-state index in [9.17, 15) is 19.7 Å². The zero-order chi connectivity index (χ0) is 16.4. The Hall–Kier alpha value is -2.68. The lowest BCUT2D eigenvalue weighted by atomic mass is 10.2. The van der Waals surface area contributed by atoms with Crippen LogP contribution in [-0.4, -0.2) is 34.7 Å². The van der Waals surface area contributed by atoms with Crippen LogP contribution in [0, 0.1) is 10.1 Å². The van der Waals surface area contributed by atoms with Gasteiger partial charge in [-0.15, -0.1) is 0 Å². The molecule has 2 aromatic rings. The molecule has 1 unspecified atom stereocenters.